The van der Waals surface area contributed by atoms with Crippen molar-refractivity contribution in [3.05, 3.63) is 35.4 Å². The zero-order valence-corrected chi connectivity index (χ0v) is 10.6. The number of piperidine rings is 1. The average molecular weight is 255 g/mol. The molecule has 2 atom stereocenters. The fraction of sp³-hybridized carbons (Fsp3) is 0.571. The summed E-state index contributed by atoms with van der Waals surface area (Å²) in [4.78, 5) is 2.11. The second kappa shape index (κ2) is 5.76. The molecule has 0 saturated carbocycles. The molecule has 1 aliphatic rings. The number of hydrogen-bond acceptors (Lipinski definition) is 2. The van der Waals surface area contributed by atoms with E-state index in [9.17, 15) is 13.9 Å². The molecule has 1 N–H and O–H groups in total. The predicted molar refractivity (Wildman–Crippen MR) is 66.0 cm³/mol. The monoisotopic (exact) mass is 255 g/mol. The molecule has 0 aromatic heterocycles. The van der Waals surface area contributed by atoms with Crippen molar-refractivity contribution < 1.29 is 13.9 Å². The summed E-state index contributed by atoms with van der Waals surface area (Å²) in [6.45, 7) is 3.40. The maximum Gasteiger partial charge on any atom is 0.127 e. The summed E-state index contributed by atoms with van der Waals surface area (Å²) in [5, 5.41) is 9.20. The van der Waals surface area contributed by atoms with Crippen LogP contribution in [0.3, 0.4) is 0 Å². The molecule has 2 unspecified atom stereocenters. The molecular weight excluding hydrogens is 236 g/mol. The molecule has 18 heavy (non-hydrogen) atoms. The van der Waals surface area contributed by atoms with Gasteiger partial charge in [-0.05, 0) is 43.9 Å². The van der Waals surface area contributed by atoms with Crippen molar-refractivity contribution in [2.24, 2.45) is 5.92 Å². The molecule has 1 aromatic carbocycles. The van der Waals surface area contributed by atoms with Gasteiger partial charge in [-0.3, -0.25) is 4.90 Å². The molecule has 0 aliphatic carbocycles. The van der Waals surface area contributed by atoms with Gasteiger partial charge in [-0.2, -0.15) is 0 Å². The maximum atomic E-state index is 13.6. The quantitative estimate of drug-likeness (QED) is 0.897. The number of rotatable bonds is 3. The molecule has 2 nitrogen and oxygen atoms in total. The van der Waals surface area contributed by atoms with Crippen LogP contribution in [-0.2, 0) is 6.54 Å². The van der Waals surface area contributed by atoms with Crippen molar-refractivity contribution in [1.82, 2.24) is 4.90 Å². The largest absolute Gasteiger partial charge is 0.396 e. The normalized spacial score (nSPS) is 25.3. The van der Waals surface area contributed by atoms with Crippen molar-refractivity contribution in [2.45, 2.75) is 32.4 Å². The van der Waals surface area contributed by atoms with E-state index in [0.717, 1.165) is 25.5 Å². The first-order valence-corrected chi connectivity index (χ1v) is 6.39. The van der Waals surface area contributed by atoms with Gasteiger partial charge in [0.05, 0.1) is 0 Å². The Morgan fingerprint density at radius 3 is 2.83 bits per heavy atom. The second-order valence-corrected chi connectivity index (χ2v) is 5.14. The van der Waals surface area contributed by atoms with Crippen LogP contribution in [-0.4, -0.2) is 29.2 Å². The Labute approximate surface area is 106 Å². The number of aliphatic hydroxyl groups excluding tert-OH is 1. The molecular formula is C14H19F2NO. The Morgan fingerprint density at radius 2 is 2.11 bits per heavy atom. The Morgan fingerprint density at radius 1 is 1.33 bits per heavy atom. The molecule has 1 fully saturated rings. The zero-order chi connectivity index (χ0) is 13.1. The molecule has 0 bridgehead atoms. The van der Waals surface area contributed by atoms with E-state index in [2.05, 4.69) is 11.8 Å². The van der Waals surface area contributed by atoms with Gasteiger partial charge in [0.25, 0.3) is 0 Å². The molecule has 0 radical (unpaired) electrons. The van der Waals surface area contributed by atoms with Crippen LogP contribution in [0.2, 0.25) is 0 Å². The Hall–Kier alpha value is -1.00. The van der Waals surface area contributed by atoms with E-state index in [1.807, 2.05) is 0 Å². The summed E-state index contributed by atoms with van der Waals surface area (Å²) < 4.78 is 26.7. The van der Waals surface area contributed by atoms with Crippen molar-refractivity contribution in [2.75, 3.05) is 13.2 Å². The van der Waals surface area contributed by atoms with Crippen LogP contribution in [0.4, 0.5) is 8.78 Å². The third-order valence-electron chi connectivity index (χ3n) is 3.75. The summed E-state index contributed by atoms with van der Waals surface area (Å²) in [5.41, 5.74) is 0.389. The summed E-state index contributed by atoms with van der Waals surface area (Å²) in [6.07, 6.45) is 1.99. The first-order valence-electron chi connectivity index (χ1n) is 6.39. The number of hydrogen-bond donors (Lipinski definition) is 1. The molecule has 1 saturated heterocycles. The van der Waals surface area contributed by atoms with E-state index < -0.39 is 5.82 Å². The average Bonchev–Trinajstić information content (AvgIpc) is 2.36. The third kappa shape index (κ3) is 3.06. The van der Waals surface area contributed by atoms with Gasteiger partial charge >= 0.3 is 0 Å². The van der Waals surface area contributed by atoms with Gasteiger partial charge in [-0.25, -0.2) is 8.78 Å². The number of aliphatic hydroxyl groups is 1. The van der Waals surface area contributed by atoms with E-state index in [-0.39, 0.29) is 18.3 Å². The highest BCUT2D eigenvalue weighted by molar-refractivity contribution is 5.18. The maximum absolute atomic E-state index is 13.6. The van der Waals surface area contributed by atoms with Crippen molar-refractivity contribution in [1.29, 1.82) is 0 Å². The van der Waals surface area contributed by atoms with E-state index in [0.29, 0.717) is 18.2 Å². The molecule has 2 rings (SSSR count). The molecule has 100 valence electrons. The van der Waals surface area contributed by atoms with Crippen LogP contribution in [0.1, 0.15) is 25.3 Å². The van der Waals surface area contributed by atoms with Crippen molar-refractivity contribution in [3.63, 3.8) is 0 Å². The molecule has 0 amide bonds. The number of nitrogens with zero attached hydrogens (tertiary/aromatic N) is 1. The van der Waals surface area contributed by atoms with Crippen LogP contribution in [0, 0.1) is 17.6 Å². The fourth-order valence-electron chi connectivity index (χ4n) is 2.52. The fourth-order valence-corrected chi connectivity index (χ4v) is 2.52. The second-order valence-electron chi connectivity index (χ2n) is 5.14. The Kier molecular flexibility index (Phi) is 4.30. The minimum absolute atomic E-state index is 0.162. The van der Waals surface area contributed by atoms with Crippen LogP contribution in [0.15, 0.2) is 18.2 Å². The van der Waals surface area contributed by atoms with Crippen molar-refractivity contribution >= 4 is 0 Å². The molecule has 1 heterocycles. The standard InChI is InChI=1S/C14H19F2NO/c1-10-2-3-11(9-18)7-17(10)8-12-6-13(15)4-5-14(12)16/h4-6,10-11,18H,2-3,7-9H2,1H3. The lowest BCUT2D eigenvalue weighted by atomic mass is 9.93. The van der Waals surface area contributed by atoms with Gasteiger partial charge in [-0.15, -0.1) is 0 Å². The van der Waals surface area contributed by atoms with E-state index in [1.54, 1.807) is 0 Å². The topological polar surface area (TPSA) is 23.5 Å². The lowest BCUT2D eigenvalue weighted by Crippen LogP contribution is -2.42. The molecule has 1 aliphatic heterocycles. The minimum Gasteiger partial charge on any atom is -0.396 e. The van der Waals surface area contributed by atoms with Crippen LogP contribution < -0.4 is 0 Å². The van der Waals surface area contributed by atoms with Gasteiger partial charge < -0.3 is 5.11 Å². The first kappa shape index (κ1) is 13.4. The smallest absolute Gasteiger partial charge is 0.127 e. The summed E-state index contributed by atoms with van der Waals surface area (Å²) in [7, 11) is 0. The van der Waals surface area contributed by atoms with Gasteiger partial charge in [0.15, 0.2) is 0 Å². The SMILES string of the molecule is CC1CCC(CO)CN1Cc1cc(F)ccc1F. The summed E-state index contributed by atoms with van der Waals surface area (Å²) in [5.74, 6) is -0.526. The lowest BCUT2D eigenvalue weighted by molar-refractivity contribution is 0.0762. The Bertz CT molecular complexity index is 411. The van der Waals surface area contributed by atoms with E-state index >= 15 is 0 Å². The van der Waals surface area contributed by atoms with Crippen LogP contribution >= 0.6 is 0 Å². The lowest BCUT2D eigenvalue weighted by Gasteiger charge is -2.37. The van der Waals surface area contributed by atoms with Gasteiger partial charge in [-0.1, -0.05) is 0 Å². The highest BCUT2D eigenvalue weighted by Crippen LogP contribution is 2.24. The first-order chi connectivity index (χ1) is 8.60. The molecule has 1 aromatic rings. The number of halogens is 2. The zero-order valence-electron chi connectivity index (χ0n) is 10.6. The predicted octanol–water partition coefficient (Wildman–Crippen LogP) is 2.56. The van der Waals surface area contributed by atoms with Gasteiger partial charge in [0.1, 0.15) is 11.6 Å². The van der Waals surface area contributed by atoms with Crippen molar-refractivity contribution in [3.8, 4) is 0 Å². The number of benzene rings is 1. The Balaban J connectivity index is 2.09. The number of likely N-dealkylation sites (tertiary alicyclic amines) is 1. The highest BCUT2D eigenvalue weighted by atomic mass is 19.1. The minimum atomic E-state index is -0.408. The summed E-state index contributed by atoms with van der Waals surface area (Å²) in [6, 6.07) is 3.90. The molecule has 4 heteroatoms. The molecule has 0 spiro atoms. The van der Waals surface area contributed by atoms with Gasteiger partial charge in [0, 0.05) is 31.3 Å². The van der Waals surface area contributed by atoms with Crippen LogP contribution in [0.5, 0.6) is 0 Å². The summed E-state index contributed by atoms with van der Waals surface area (Å²) >= 11 is 0. The van der Waals surface area contributed by atoms with E-state index in [4.69, 9.17) is 0 Å². The van der Waals surface area contributed by atoms with E-state index in [1.165, 1.54) is 12.1 Å². The van der Waals surface area contributed by atoms with Crippen LogP contribution in [0.25, 0.3) is 0 Å². The van der Waals surface area contributed by atoms with Gasteiger partial charge in [0.2, 0.25) is 0 Å². The third-order valence-corrected chi connectivity index (χ3v) is 3.75. The highest BCUT2D eigenvalue weighted by Gasteiger charge is 2.25.